The molecular weight excluding hydrogens is 419 g/mol. The minimum Gasteiger partial charge on any atom is -0.350 e. The highest BCUT2D eigenvalue weighted by Crippen LogP contribution is 2.27. The molecule has 0 saturated carbocycles. The number of hydrogen-bond donors (Lipinski definition) is 1. The third kappa shape index (κ3) is 7.03. The maximum atomic E-state index is 13.3. The van der Waals surface area contributed by atoms with E-state index in [4.69, 9.17) is 23.2 Å². The molecule has 0 radical (unpaired) electrons. The quantitative estimate of drug-likeness (QED) is 0.566. The molecule has 0 aromatic heterocycles. The van der Waals surface area contributed by atoms with E-state index in [1.807, 2.05) is 58.0 Å². The lowest BCUT2D eigenvalue weighted by Crippen LogP contribution is -2.53. The molecule has 0 saturated heterocycles. The van der Waals surface area contributed by atoms with Crippen molar-refractivity contribution in [2.24, 2.45) is 0 Å². The minimum absolute atomic E-state index is 0.106. The van der Waals surface area contributed by atoms with Gasteiger partial charge in [-0.25, -0.2) is 0 Å². The van der Waals surface area contributed by atoms with E-state index in [1.54, 1.807) is 23.1 Å². The highest BCUT2D eigenvalue weighted by Gasteiger charge is 2.31. The zero-order chi connectivity index (χ0) is 22.3. The Morgan fingerprint density at radius 3 is 2.13 bits per heavy atom. The van der Waals surface area contributed by atoms with E-state index in [0.717, 1.165) is 5.56 Å². The van der Waals surface area contributed by atoms with Crippen LogP contribution in [0.2, 0.25) is 10.0 Å². The Bertz CT molecular complexity index is 843. The molecule has 4 nitrogen and oxygen atoms in total. The van der Waals surface area contributed by atoms with E-state index in [2.05, 4.69) is 5.32 Å². The number of nitrogens with one attached hydrogen (secondary N) is 1. The maximum absolute atomic E-state index is 13.3. The van der Waals surface area contributed by atoms with Gasteiger partial charge in [0.15, 0.2) is 0 Å². The number of halogens is 2. The molecule has 0 spiro atoms. The lowest BCUT2D eigenvalue weighted by molar-refractivity contribution is -0.142. The van der Waals surface area contributed by atoms with Gasteiger partial charge in [0.2, 0.25) is 11.8 Å². The van der Waals surface area contributed by atoms with Crippen molar-refractivity contribution in [2.75, 3.05) is 0 Å². The van der Waals surface area contributed by atoms with Crippen LogP contribution < -0.4 is 5.32 Å². The molecule has 0 fully saturated rings. The molecule has 0 aliphatic rings. The van der Waals surface area contributed by atoms with E-state index in [9.17, 15) is 9.59 Å². The van der Waals surface area contributed by atoms with Gasteiger partial charge in [-0.05, 0) is 51.3 Å². The lowest BCUT2D eigenvalue weighted by Gasteiger charge is -2.33. The highest BCUT2D eigenvalue weighted by atomic mass is 35.5. The summed E-state index contributed by atoms with van der Waals surface area (Å²) in [4.78, 5) is 27.9. The number of benzene rings is 2. The van der Waals surface area contributed by atoms with Gasteiger partial charge in [0.1, 0.15) is 6.04 Å². The van der Waals surface area contributed by atoms with Crippen LogP contribution in [-0.4, -0.2) is 28.3 Å². The summed E-state index contributed by atoms with van der Waals surface area (Å²) in [5, 5.41) is 3.96. The van der Waals surface area contributed by atoms with Gasteiger partial charge in [-0.1, -0.05) is 66.5 Å². The van der Waals surface area contributed by atoms with E-state index in [1.165, 1.54) is 0 Å². The molecule has 2 amide bonds. The van der Waals surface area contributed by atoms with Crippen LogP contribution in [0.3, 0.4) is 0 Å². The molecule has 0 aliphatic heterocycles. The second-order valence-corrected chi connectivity index (χ2v) is 9.19. The summed E-state index contributed by atoms with van der Waals surface area (Å²) in [6.07, 6.45) is 1.39. The molecule has 2 rings (SSSR count). The second kappa shape index (κ2) is 10.8. The third-order valence-corrected chi connectivity index (χ3v) is 5.45. The Kier molecular flexibility index (Phi) is 8.75. The molecule has 1 atom stereocenters. The van der Waals surface area contributed by atoms with E-state index < -0.39 is 11.6 Å². The Balaban J connectivity index is 2.30. The van der Waals surface area contributed by atoms with Gasteiger partial charge in [0.25, 0.3) is 0 Å². The fourth-order valence-corrected chi connectivity index (χ4v) is 3.78. The average molecular weight is 449 g/mol. The van der Waals surface area contributed by atoms with Crippen molar-refractivity contribution in [1.29, 1.82) is 0 Å². The summed E-state index contributed by atoms with van der Waals surface area (Å²) in [6.45, 7) is 7.85. The maximum Gasteiger partial charge on any atom is 0.243 e. The number of carbonyl (C=O) groups excluding carboxylic acids is 2. The molecule has 0 bridgehead atoms. The lowest BCUT2D eigenvalue weighted by atomic mass is 10.0. The molecule has 2 aromatic rings. The topological polar surface area (TPSA) is 49.4 Å². The number of carbonyl (C=O) groups is 2. The van der Waals surface area contributed by atoms with Crippen molar-refractivity contribution in [1.82, 2.24) is 10.2 Å². The van der Waals surface area contributed by atoms with Crippen molar-refractivity contribution in [3.8, 4) is 0 Å². The summed E-state index contributed by atoms with van der Waals surface area (Å²) < 4.78 is 0. The van der Waals surface area contributed by atoms with Crippen molar-refractivity contribution in [2.45, 2.75) is 65.1 Å². The second-order valence-electron chi connectivity index (χ2n) is 8.37. The highest BCUT2D eigenvalue weighted by molar-refractivity contribution is 6.36. The Morgan fingerprint density at radius 2 is 1.60 bits per heavy atom. The average Bonchev–Trinajstić information content (AvgIpc) is 2.67. The summed E-state index contributed by atoms with van der Waals surface area (Å²) in [5.74, 6) is -0.285. The first kappa shape index (κ1) is 24.2. The van der Waals surface area contributed by atoms with Crippen LogP contribution >= 0.6 is 23.2 Å². The van der Waals surface area contributed by atoms with Crippen LogP contribution in [0.25, 0.3) is 0 Å². The first-order chi connectivity index (χ1) is 14.1. The summed E-state index contributed by atoms with van der Waals surface area (Å²) in [6, 6.07) is 14.5. The van der Waals surface area contributed by atoms with Crippen molar-refractivity contribution >= 4 is 35.0 Å². The summed E-state index contributed by atoms with van der Waals surface area (Å²) in [5.41, 5.74) is 1.33. The third-order valence-electron chi connectivity index (χ3n) is 4.74. The Morgan fingerprint density at radius 1 is 1.00 bits per heavy atom. The molecule has 0 aliphatic carbocycles. The van der Waals surface area contributed by atoms with Crippen LogP contribution in [0.1, 0.15) is 51.7 Å². The van der Waals surface area contributed by atoms with Gasteiger partial charge in [-0.2, -0.15) is 0 Å². The van der Waals surface area contributed by atoms with Gasteiger partial charge in [-0.3, -0.25) is 9.59 Å². The predicted octanol–water partition coefficient (Wildman–Crippen LogP) is 5.65. The molecule has 162 valence electrons. The van der Waals surface area contributed by atoms with Gasteiger partial charge < -0.3 is 10.2 Å². The molecule has 30 heavy (non-hydrogen) atoms. The van der Waals surface area contributed by atoms with E-state index in [-0.39, 0.29) is 18.4 Å². The fraction of sp³-hybridized carbons (Fsp3) is 0.417. The molecule has 6 heteroatoms. The fourth-order valence-electron chi connectivity index (χ4n) is 3.27. The van der Waals surface area contributed by atoms with Crippen LogP contribution in [0, 0.1) is 0 Å². The van der Waals surface area contributed by atoms with Crippen molar-refractivity contribution in [3.63, 3.8) is 0 Å². The zero-order valence-electron chi connectivity index (χ0n) is 18.0. The zero-order valence-corrected chi connectivity index (χ0v) is 19.6. The SMILES string of the molecule is CC[C@@H](C(=O)NC(C)(C)C)N(Cc1c(Cl)cccc1Cl)C(=O)CCc1ccccc1. The smallest absolute Gasteiger partial charge is 0.243 e. The van der Waals surface area contributed by atoms with Crippen LogP contribution in [0.4, 0.5) is 0 Å². The Hall–Kier alpha value is -2.04. The molecule has 1 N–H and O–H groups in total. The summed E-state index contributed by atoms with van der Waals surface area (Å²) in [7, 11) is 0. The number of aryl methyl sites for hydroxylation is 1. The monoisotopic (exact) mass is 448 g/mol. The molecule has 0 heterocycles. The van der Waals surface area contributed by atoms with E-state index in [0.29, 0.717) is 34.9 Å². The van der Waals surface area contributed by atoms with Gasteiger partial charge in [0, 0.05) is 34.1 Å². The van der Waals surface area contributed by atoms with E-state index >= 15 is 0 Å². The van der Waals surface area contributed by atoms with Crippen LogP contribution in [0.5, 0.6) is 0 Å². The minimum atomic E-state index is -0.611. The number of amides is 2. The Labute approximate surface area is 189 Å². The molecule has 2 aromatic carbocycles. The van der Waals surface area contributed by atoms with Crippen LogP contribution in [-0.2, 0) is 22.6 Å². The number of nitrogens with zero attached hydrogens (tertiary/aromatic N) is 1. The van der Waals surface area contributed by atoms with Gasteiger partial charge in [0.05, 0.1) is 0 Å². The standard InChI is InChI=1S/C24H30Cl2N2O2/c1-5-21(23(30)27-24(2,3)4)28(16-18-19(25)12-9-13-20(18)26)22(29)15-14-17-10-7-6-8-11-17/h6-13,21H,5,14-16H2,1-4H3,(H,27,30)/t21-/m0/s1. The normalized spacial score (nSPS) is 12.3. The van der Waals surface area contributed by atoms with Gasteiger partial charge in [-0.15, -0.1) is 0 Å². The largest absolute Gasteiger partial charge is 0.350 e. The summed E-state index contributed by atoms with van der Waals surface area (Å²) >= 11 is 12.7. The van der Waals surface area contributed by atoms with Crippen LogP contribution in [0.15, 0.2) is 48.5 Å². The first-order valence-corrected chi connectivity index (χ1v) is 11.0. The van der Waals surface area contributed by atoms with Crippen molar-refractivity contribution in [3.05, 3.63) is 69.7 Å². The molecule has 0 unspecified atom stereocenters. The van der Waals surface area contributed by atoms with Gasteiger partial charge >= 0.3 is 0 Å². The number of hydrogen-bond acceptors (Lipinski definition) is 2. The predicted molar refractivity (Wildman–Crippen MR) is 124 cm³/mol. The van der Waals surface area contributed by atoms with Crippen molar-refractivity contribution < 1.29 is 9.59 Å². The number of rotatable bonds is 8. The molecular formula is C24H30Cl2N2O2. The first-order valence-electron chi connectivity index (χ1n) is 10.2.